The number of ketones is 1. The van der Waals surface area contributed by atoms with Gasteiger partial charge in [-0.3, -0.25) is 4.79 Å². The predicted octanol–water partition coefficient (Wildman–Crippen LogP) is 3.71. The van der Waals surface area contributed by atoms with E-state index in [2.05, 4.69) is 0 Å². The van der Waals surface area contributed by atoms with E-state index in [4.69, 9.17) is 26.8 Å². The Morgan fingerprint density at radius 1 is 1.19 bits per heavy atom. The summed E-state index contributed by atoms with van der Waals surface area (Å²) in [4.78, 5) is 11.4. The van der Waals surface area contributed by atoms with E-state index in [9.17, 15) is 4.79 Å². The second-order valence-electron chi connectivity index (χ2n) is 4.53. The highest BCUT2D eigenvalue weighted by atomic mass is 35.5. The van der Waals surface area contributed by atoms with Crippen molar-refractivity contribution in [3.8, 4) is 11.5 Å². The van der Waals surface area contributed by atoms with E-state index < -0.39 is 0 Å². The van der Waals surface area contributed by atoms with Crippen LogP contribution in [0.25, 0.3) is 0 Å². The van der Waals surface area contributed by atoms with Crippen molar-refractivity contribution < 1.29 is 14.3 Å². The number of ether oxygens (including phenoxy) is 2. The summed E-state index contributed by atoms with van der Waals surface area (Å²) in [7, 11) is 1.62. The lowest BCUT2D eigenvalue weighted by Crippen LogP contribution is -2.03. The molecule has 0 radical (unpaired) electrons. The zero-order chi connectivity index (χ0) is 15.4. The van der Waals surface area contributed by atoms with E-state index in [0.29, 0.717) is 17.9 Å². The van der Waals surface area contributed by atoms with Gasteiger partial charge in [0, 0.05) is 5.56 Å². The first-order valence-corrected chi connectivity index (χ1v) is 6.75. The molecule has 4 nitrogen and oxygen atoms in total. The fourth-order valence-corrected chi connectivity index (χ4v) is 2.09. The Morgan fingerprint density at radius 2 is 1.86 bits per heavy atom. The number of nitrogens with two attached hydrogens (primary N) is 1. The maximum absolute atomic E-state index is 11.4. The van der Waals surface area contributed by atoms with Crippen LogP contribution in [0.4, 0.5) is 5.69 Å². The number of carbonyl (C=O) groups excluding carboxylic acids is 1. The topological polar surface area (TPSA) is 61.5 Å². The molecule has 2 aromatic carbocycles. The van der Waals surface area contributed by atoms with E-state index in [0.717, 1.165) is 11.3 Å². The van der Waals surface area contributed by atoms with Crippen molar-refractivity contribution >= 4 is 23.1 Å². The van der Waals surface area contributed by atoms with Gasteiger partial charge in [-0.25, -0.2) is 0 Å². The Hall–Kier alpha value is -2.20. The lowest BCUT2D eigenvalue weighted by molar-refractivity contribution is 0.101. The van der Waals surface area contributed by atoms with E-state index in [-0.39, 0.29) is 16.5 Å². The number of hydrogen-bond acceptors (Lipinski definition) is 4. The molecule has 0 aliphatic carbocycles. The molecule has 0 aliphatic rings. The quantitative estimate of drug-likeness (QED) is 0.675. The average molecular weight is 306 g/mol. The van der Waals surface area contributed by atoms with E-state index >= 15 is 0 Å². The first-order chi connectivity index (χ1) is 10.0. The average Bonchev–Trinajstić information content (AvgIpc) is 2.49. The molecule has 2 rings (SSSR count). The summed E-state index contributed by atoms with van der Waals surface area (Å²) in [5.41, 5.74) is 7.46. The number of nitrogen functional groups attached to an aromatic ring is 1. The Morgan fingerprint density at radius 3 is 2.43 bits per heavy atom. The molecule has 0 aliphatic heterocycles. The summed E-state index contributed by atoms with van der Waals surface area (Å²) in [5, 5.41) is 0.260. The van der Waals surface area contributed by atoms with Crippen LogP contribution < -0.4 is 15.2 Å². The molecule has 0 unspecified atom stereocenters. The third kappa shape index (κ3) is 3.47. The molecule has 110 valence electrons. The van der Waals surface area contributed by atoms with Crippen molar-refractivity contribution in [2.45, 2.75) is 13.5 Å². The van der Waals surface area contributed by atoms with Crippen molar-refractivity contribution in [3.63, 3.8) is 0 Å². The fraction of sp³-hybridized carbons (Fsp3) is 0.188. The van der Waals surface area contributed by atoms with Gasteiger partial charge in [-0.1, -0.05) is 23.7 Å². The maximum Gasteiger partial charge on any atom is 0.161 e. The number of carbonyl (C=O) groups is 1. The largest absolute Gasteiger partial charge is 0.497 e. The zero-order valence-electron chi connectivity index (χ0n) is 11.9. The van der Waals surface area contributed by atoms with Crippen LogP contribution in [-0.2, 0) is 6.61 Å². The molecule has 0 saturated carbocycles. The molecular weight excluding hydrogens is 290 g/mol. The number of methoxy groups -OCH3 is 1. The van der Waals surface area contributed by atoms with E-state index in [1.54, 1.807) is 19.2 Å². The zero-order valence-corrected chi connectivity index (χ0v) is 12.6. The van der Waals surface area contributed by atoms with Crippen LogP contribution in [0.2, 0.25) is 5.02 Å². The number of hydrogen-bond donors (Lipinski definition) is 1. The van der Waals surface area contributed by atoms with Crippen molar-refractivity contribution in [2.24, 2.45) is 0 Å². The Bertz CT molecular complexity index is 653. The van der Waals surface area contributed by atoms with Crippen LogP contribution >= 0.6 is 11.6 Å². The van der Waals surface area contributed by atoms with Crippen molar-refractivity contribution in [1.29, 1.82) is 0 Å². The molecule has 0 atom stereocenters. The van der Waals surface area contributed by atoms with Gasteiger partial charge in [0.25, 0.3) is 0 Å². The lowest BCUT2D eigenvalue weighted by Gasteiger charge is -2.12. The van der Waals surface area contributed by atoms with Crippen molar-refractivity contribution in [3.05, 3.63) is 52.5 Å². The van der Waals surface area contributed by atoms with Gasteiger partial charge in [0.15, 0.2) is 5.78 Å². The number of Topliss-reactive ketones (excluding diaryl/α,β-unsaturated/α-hetero) is 1. The normalized spacial score (nSPS) is 10.2. The molecule has 2 N–H and O–H groups in total. The summed E-state index contributed by atoms with van der Waals surface area (Å²) in [6.45, 7) is 1.79. The first kappa shape index (κ1) is 15.2. The van der Waals surface area contributed by atoms with Gasteiger partial charge in [-0.15, -0.1) is 0 Å². The molecular formula is C16H16ClNO3. The molecule has 0 aromatic heterocycles. The van der Waals surface area contributed by atoms with Crippen LogP contribution in [0.1, 0.15) is 22.8 Å². The number of rotatable bonds is 5. The first-order valence-electron chi connectivity index (χ1n) is 6.37. The molecule has 0 spiro atoms. The van der Waals surface area contributed by atoms with Crippen molar-refractivity contribution in [2.75, 3.05) is 12.8 Å². The minimum Gasteiger partial charge on any atom is -0.497 e. The van der Waals surface area contributed by atoms with Gasteiger partial charge in [-0.05, 0) is 36.8 Å². The Kier molecular flexibility index (Phi) is 4.70. The highest BCUT2D eigenvalue weighted by molar-refractivity contribution is 6.35. The van der Waals surface area contributed by atoms with Gasteiger partial charge >= 0.3 is 0 Å². The van der Waals surface area contributed by atoms with Crippen molar-refractivity contribution in [1.82, 2.24) is 0 Å². The van der Waals surface area contributed by atoms with Crippen LogP contribution in [0, 0.1) is 0 Å². The lowest BCUT2D eigenvalue weighted by atomic mass is 10.1. The van der Waals surface area contributed by atoms with Crippen LogP contribution in [-0.4, -0.2) is 12.9 Å². The number of anilines is 1. The van der Waals surface area contributed by atoms with E-state index in [1.807, 2.05) is 24.3 Å². The van der Waals surface area contributed by atoms with Gasteiger partial charge in [0.05, 0.1) is 12.8 Å². The highest BCUT2D eigenvalue weighted by Gasteiger charge is 2.13. The third-order valence-corrected chi connectivity index (χ3v) is 3.47. The molecule has 0 fully saturated rings. The summed E-state index contributed by atoms with van der Waals surface area (Å²) in [6.07, 6.45) is 0. The van der Waals surface area contributed by atoms with Gasteiger partial charge in [-0.2, -0.15) is 0 Å². The SMILES string of the molecule is COc1ccc(COc2ccc(C(C)=O)c(N)c2Cl)cc1. The number of halogens is 1. The second kappa shape index (κ2) is 6.50. The maximum atomic E-state index is 11.4. The molecule has 5 heteroatoms. The fourth-order valence-electron chi connectivity index (χ4n) is 1.87. The van der Waals surface area contributed by atoms with Crippen LogP contribution in [0.15, 0.2) is 36.4 Å². The summed E-state index contributed by atoms with van der Waals surface area (Å²) < 4.78 is 10.7. The summed E-state index contributed by atoms with van der Waals surface area (Å²) in [6, 6.07) is 10.8. The highest BCUT2D eigenvalue weighted by Crippen LogP contribution is 2.33. The smallest absolute Gasteiger partial charge is 0.161 e. The Balaban J connectivity index is 2.12. The predicted molar refractivity (Wildman–Crippen MR) is 83.2 cm³/mol. The third-order valence-electron chi connectivity index (χ3n) is 3.08. The minimum absolute atomic E-state index is 0.129. The number of benzene rings is 2. The summed E-state index contributed by atoms with van der Waals surface area (Å²) in [5.74, 6) is 1.11. The molecule has 0 amide bonds. The molecule has 21 heavy (non-hydrogen) atoms. The van der Waals surface area contributed by atoms with Crippen LogP contribution in [0.5, 0.6) is 11.5 Å². The molecule has 0 bridgehead atoms. The minimum atomic E-state index is -0.129. The monoisotopic (exact) mass is 305 g/mol. The summed E-state index contributed by atoms with van der Waals surface area (Å²) >= 11 is 6.13. The van der Waals surface area contributed by atoms with E-state index in [1.165, 1.54) is 6.92 Å². The molecule has 0 heterocycles. The molecule has 2 aromatic rings. The van der Waals surface area contributed by atoms with Gasteiger partial charge < -0.3 is 15.2 Å². The van der Waals surface area contributed by atoms with Gasteiger partial charge in [0.2, 0.25) is 0 Å². The molecule has 0 saturated heterocycles. The van der Waals surface area contributed by atoms with Gasteiger partial charge in [0.1, 0.15) is 23.1 Å². The van der Waals surface area contributed by atoms with Crippen LogP contribution in [0.3, 0.4) is 0 Å². The standard InChI is InChI=1S/C16H16ClNO3/c1-10(19)13-7-8-14(15(17)16(13)18)21-9-11-3-5-12(20-2)6-4-11/h3-8H,9,18H2,1-2H3. The second-order valence-corrected chi connectivity index (χ2v) is 4.91. The Labute approximate surface area is 128 Å².